The van der Waals surface area contributed by atoms with E-state index in [1.165, 1.54) is 0 Å². The highest BCUT2D eigenvalue weighted by Crippen LogP contribution is 2.66. The molecule has 0 fully saturated rings. The molecule has 0 aromatic carbocycles. The van der Waals surface area contributed by atoms with Crippen molar-refractivity contribution in [2.75, 3.05) is 0 Å². The summed E-state index contributed by atoms with van der Waals surface area (Å²) in [7, 11) is -11.9. The molecule has 0 atom stereocenters. The van der Waals surface area contributed by atoms with Crippen LogP contribution in [0.4, 0.5) is 92.2 Å². The Kier molecular flexibility index (Phi) is 10.3. The van der Waals surface area contributed by atoms with Gasteiger partial charge in [0.2, 0.25) is 8.32 Å². The zero-order valence-corrected chi connectivity index (χ0v) is 22.0. The minimum Gasteiger partial charge on any atom is -0.310 e. The van der Waals surface area contributed by atoms with Crippen LogP contribution in [-0.4, -0.2) is 75.5 Å². The van der Waals surface area contributed by atoms with Gasteiger partial charge in [0.15, 0.2) is 0 Å². The van der Waals surface area contributed by atoms with Crippen LogP contribution in [0.2, 0.25) is 18.1 Å². The lowest BCUT2D eigenvalue weighted by molar-refractivity contribution is -0.472. The van der Waals surface area contributed by atoms with Gasteiger partial charge in [0, 0.05) is 0 Å². The van der Waals surface area contributed by atoms with Crippen molar-refractivity contribution in [2.45, 2.75) is 97.7 Å². The summed E-state index contributed by atoms with van der Waals surface area (Å²) in [5.41, 5.74) is 0. The maximum Gasteiger partial charge on any atom is 0.460 e. The number of halogens is 21. The first-order chi connectivity index (χ1) is 17.9. The van der Waals surface area contributed by atoms with E-state index in [1.54, 1.807) is 0 Å². The molecule has 0 rings (SSSR count). The predicted octanol–water partition coefficient (Wildman–Crippen LogP) is 8.58. The molecule has 0 aromatic heterocycles. The second kappa shape index (κ2) is 10.6. The quantitative estimate of drug-likeness (QED) is 0.134. The molecule has 0 aliphatic rings. The Morgan fingerprint density at radius 1 is 0.429 bits per heavy atom. The molecule has 0 aliphatic carbocycles. The van der Waals surface area contributed by atoms with E-state index in [0.717, 1.165) is 20.8 Å². The van der Waals surface area contributed by atoms with Crippen molar-refractivity contribution in [2.24, 2.45) is 0 Å². The van der Waals surface area contributed by atoms with Crippen LogP contribution in [0.15, 0.2) is 0 Å². The molecular weight excluding hydrogens is 699 g/mol. The average Bonchev–Trinajstić information content (AvgIpc) is 2.80. The Morgan fingerprint density at radius 2 is 0.643 bits per heavy atom. The molecule has 26 heteroatoms. The Hall–Kier alpha value is -1.34. The van der Waals surface area contributed by atoms with E-state index in [-0.39, 0.29) is 0 Å². The van der Waals surface area contributed by atoms with E-state index in [2.05, 4.69) is 3.87 Å². The molecule has 0 radical (unpaired) electrons. The average molecular weight is 714 g/mol. The van der Waals surface area contributed by atoms with Crippen molar-refractivity contribution >= 4 is 18.4 Å². The zero-order valence-electron chi connectivity index (χ0n) is 20.2. The largest absolute Gasteiger partial charge is 0.460 e. The summed E-state index contributed by atoms with van der Waals surface area (Å²) >= 11 is 0. The molecule has 0 spiro atoms. The summed E-state index contributed by atoms with van der Waals surface area (Å²) in [6, 6.07) is -1.86. The van der Waals surface area contributed by atoms with Crippen LogP contribution in [0, 0.1) is 0 Å². The summed E-state index contributed by atoms with van der Waals surface area (Å²) in [5.74, 6) is -72.3. The molecule has 0 aliphatic heterocycles. The molecule has 0 heterocycles. The van der Waals surface area contributed by atoms with Crippen LogP contribution >= 0.6 is 0 Å². The topological polar surface area (TPSA) is 43.4 Å². The van der Waals surface area contributed by atoms with E-state index in [9.17, 15) is 101 Å². The normalized spacial score (nSPS) is 16.7. The van der Waals surface area contributed by atoms with E-state index < -0.39 is 95.4 Å². The summed E-state index contributed by atoms with van der Waals surface area (Å²) in [4.78, 5) is 0. The first-order valence-corrected chi connectivity index (χ1v) is 14.2. The fourth-order valence-corrected chi connectivity index (χ4v) is 8.55. The molecule has 0 saturated heterocycles. The van der Waals surface area contributed by atoms with Gasteiger partial charge in [0.1, 0.15) is 0 Å². The molecular formula is C16H15F21O3SSi. The van der Waals surface area contributed by atoms with Crippen molar-refractivity contribution in [1.82, 2.24) is 0 Å². The van der Waals surface area contributed by atoms with Crippen LogP contribution in [0.25, 0.3) is 0 Å². The van der Waals surface area contributed by atoms with Gasteiger partial charge in [0.05, 0.1) is 0 Å². The van der Waals surface area contributed by atoms with Gasteiger partial charge in [-0.3, -0.25) is 0 Å². The molecule has 0 amide bonds. The fraction of sp³-hybridized carbons (Fsp3) is 1.00. The summed E-state index contributed by atoms with van der Waals surface area (Å²) < 4.78 is 309. The lowest BCUT2D eigenvalue weighted by Crippen LogP contribution is -2.77. The van der Waals surface area contributed by atoms with E-state index in [4.69, 9.17) is 0 Å². The number of alkyl halides is 21. The van der Waals surface area contributed by atoms with Crippen LogP contribution < -0.4 is 0 Å². The molecule has 3 nitrogen and oxygen atoms in total. The SMILES string of the molecule is CC[Si](CC)(CC)OS(=O)(=O)C(F)(F)C(F)(F)C(F)(F)C(F)(F)C(F)(F)C(F)(F)C(F)(F)C(F)(F)C(F)(F)C(F)(F)F. The van der Waals surface area contributed by atoms with Gasteiger partial charge in [-0.2, -0.15) is 101 Å². The van der Waals surface area contributed by atoms with Crippen molar-refractivity contribution < 1.29 is 104 Å². The Balaban J connectivity index is 7.29. The highest BCUT2D eigenvalue weighted by Gasteiger charge is 2.98. The van der Waals surface area contributed by atoms with Crippen LogP contribution in [0.1, 0.15) is 20.8 Å². The summed E-state index contributed by atoms with van der Waals surface area (Å²) in [6.45, 7) is 2.86. The van der Waals surface area contributed by atoms with Gasteiger partial charge in [-0.05, 0) is 18.1 Å². The first kappa shape index (κ1) is 40.7. The van der Waals surface area contributed by atoms with E-state index >= 15 is 0 Å². The molecule has 0 aromatic rings. The molecule has 254 valence electrons. The van der Waals surface area contributed by atoms with Gasteiger partial charge in [0.25, 0.3) is 0 Å². The Labute approximate surface area is 221 Å². The number of hydrogen-bond acceptors (Lipinski definition) is 3. The van der Waals surface area contributed by atoms with Gasteiger partial charge >= 0.3 is 68.9 Å². The fourth-order valence-electron chi connectivity index (χ4n) is 2.91. The van der Waals surface area contributed by atoms with Crippen LogP contribution in [-0.2, 0) is 14.0 Å². The standard InChI is InChI=1S/C16H15F21O3SSi/c1-4-42(5-2,6-3)40-41(38,39)16(36,37)14(31,32)12(27,28)10(23,24)8(19,20)7(17,18)9(21,22)11(25,26)13(29,30)15(33,34)35/h4-6H2,1-3H3. The van der Waals surface area contributed by atoms with Gasteiger partial charge in [-0.15, -0.1) is 0 Å². The van der Waals surface area contributed by atoms with E-state index in [0.29, 0.717) is 0 Å². The molecule has 0 saturated carbocycles. The van der Waals surface area contributed by atoms with E-state index in [1.807, 2.05) is 0 Å². The minimum atomic E-state index is -9.35. The molecule has 0 N–H and O–H groups in total. The van der Waals surface area contributed by atoms with Crippen molar-refractivity contribution in [3.8, 4) is 0 Å². The van der Waals surface area contributed by atoms with Crippen molar-refractivity contribution in [3.63, 3.8) is 0 Å². The maximum absolute atomic E-state index is 14.2. The van der Waals surface area contributed by atoms with Crippen LogP contribution in [0.3, 0.4) is 0 Å². The smallest absolute Gasteiger partial charge is 0.310 e. The van der Waals surface area contributed by atoms with Crippen LogP contribution in [0.5, 0.6) is 0 Å². The maximum atomic E-state index is 14.2. The molecule has 42 heavy (non-hydrogen) atoms. The second-order valence-corrected chi connectivity index (χ2v) is 15.0. The Morgan fingerprint density at radius 3 is 0.857 bits per heavy atom. The third-order valence-electron chi connectivity index (χ3n) is 6.02. The van der Waals surface area contributed by atoms with Crippen molar-refractivity contribution in [1.29, 1.82) is 0 Å². The summed E-state index contributed by atoms with van der Waals surface area (Å²) in [5, 5.41) is -7.84. The Bertz CT molecular complexity index is 1070. The number of hydrogen-bond donors (Lipinski definition) is 0. The van der Waals surface area contributed by atoms with Gasteiger partial charge in [-0.1, -0.05) is 20.8 Å². The summed E-state index contributed by atoms with van der Waals surface area (Å²) in [6.07, 6.45) is -8.07. The van der Waals surface area contributed by atoms with Gasteiger partial charge < -0.3 is 3.87 Å². The predicted molar refractivity (Wildman–Crippen MR) is 97.8 cm³/mol. The molecule has 0 unspecified atom stereocenters. The first-order valence-electron chi connectivity index (χ1n) is 10.3. The third-order valence-corrected chi connectivity index (χ3v) is 13.1. The minimum absolute atomic E-state index is 0.621. The highest BCUT2D eigenvalue weighted by atomic mass is 32.2. The lowest BCUT2D eigenvalue weighted by atomic mass is 9.87. The zero-order chi connectivity index (χ0) is 34.8. The number of rotatable bonds is 14. The third kappa shape index (κ3) is 5.10. The van der Waals surface area contributed by atoms with Gasteiger partial charge in [-0.25, -0.2) is 0 Å². The molecule has 0 bridgehead atoms. The lowest BCUT2D eigenvalue weighted by Gasteiger charge is -2.44. The second-order valence-electron chi connectivity index (χ2n) is 8.39. The highest BCUT2D eigenvalue weighted by molar-refractivity contribution is 7.89. The van der Waals surface area contributed by atoms with Crippen molar-refractivity contribution in [3.05, 3.63) is 0 Å². The monoisotopic (exact) mass is 714 g/mol.